The summed E-state index contributed by atoms with van der Waals surface area (Å²) in [7, 11) is 0. The second kappa shape index (κ2) is 9.54. The Morgan fingerprint density at radius 3 is 2.43 bits per heavy atom. The Kier molecular flexibility index (Phi) is 6.86. The third kappa shape index (κ3) is 5.45. The van der Waals surface area contributed by atoms with Crippen LogP contribution in [0.15, 0.2) is 51.7 Å². The lowest BCUT2D eigenvalue weighted by Gasteiger charge is -2.32. The third-order valence-electron chi connectivity index (χ3n) is 4.66. The summed E-state index contributed by atoms with van der Waals surface area (Å²) < 4.78 is 5.86. The van der Waals surface area contributed by atoms with Crippen LogP contribution in [0.3, 0.4) is 0 Å². The van der Waals surface area contributed by atoms with Gasteiger partial charge < -0.3 is 20.0 Å². The molecule has 2 aromatic rings. The fourth-order valence-electron chi connectivity index (χ4n) is 3.09. The average molecular weight is 448 g/mol. The van der Waals surface area contributed by atoms with E-state index in [-0.39, 0.29) is 36.7 Å². The molecule has 0 radical (unpaired) electrons. The number of carbonyl (C=O) groups is 3. The number of nitrogens with one attached hydrogen (secondary N) is 2. The van der Waals surface area contributed by atoms with Crippen LogP contribution in [0.25, 0.3) is 0 Å². The number of benzene rings is 1. The molecular formula is C20H22BrN3O4. The fourth-order valence-corrected chi connectivity index (χ4v) is 3.35. The molecule has 1 aliphatic heterocycles. The van der Waals surface area contributed by atoms with E-state index in [1.807, 2.05) is 0 Å². The van der Waals surface area contributed by atoms with E-state index in [0.717, 1.165) is 4.47 Å². The minimum atomic E-state index is -0.202. The van der Waals surface area contributed by atoms with Crippen molar-refractivity contribution in [2.75, 3.05) is 19.6 Å². The van der Waals surface area contributed by atoms with E-state index in [1.165, 1.54) is 12.5 Å². The van der Waals surface area contributed by atoms with Gasteiger partial charge in [-0.2, -0.15) is 0 Å². The van der Waals surface area contributed by atoms with Crippen LogP contribution < -0.4 is 10.6 Å². The molecule has 0 bridgehead atoms. The molecule has 1 fully saturated rings. The Balaban J connectivity index is 1.35. The van der Waals surface area contributed by atoms with Crippen molar-refractivity contribution in [3.05, 3.63) is 58.5 Å². The van der Waals surface area contributed by atoms with Crippen LogP contribution in [0.2, 0.25) is 0 Å². The zero-order chi connectivity index (χ0) is 19.9. The molecule has 28 heavy (non-hydrogen) atoms. The molecule has 0 saturated carbocycles. The van der Waals surface area contributed by atoms with Gasteiger partial charge in [0.05, 0.1) is 11.8 Å². The summed E-state index contributed by atoms with van der Waals surface area (Å²) in [5.41, 5.74) is 1.10. The van der Waals surface area contributed by atoms with Crippen molar-refractivity contribution in [3.63, 3.8) is 0 Å². The first-order valence-electron chi connectivity index (χ1n) is 9.17. The van der Waals surface area contributed by atoms with Gasteiger partial charge in [-0.15, -0.1) is 0 Å². The highest BCUT2D eigenvalue weighted by Crippen LogP contribution is 2.14. The number of carbonyl (C=O) groups excluding carboxylic acids is 3. The maximum absolute atomic E-state index is 12.3. The zero-order valence-electron chi connectivity index (χ0n) is 15.3. The third-order valence-corrected chi connectivity index (χ3v) is 5.19. The summed E-state index contributed by atoms with van der Waals surface area (Å²) in [6.45, 7) is 1.46. The molecule has 1 aromatic heterocycles. The Hall–Kier alpha value is -2.61. The maximum Gasteiger partial charge on any atom is 0.257 e. The topological polar surface area (TPSA) is 91.7 Å². The fraction of sp³-hybridized carbons (Fsp3) is 0.350. The van der Waals surface area contributed by atoms with Crippen LogP contribution in [-0.4, -0.2) is 48.3 Å². The van der Waals surface area contributed by atoms with Crippen molar-refractivity contribution < 1.29 is 18.8 Å². The van der Waals surface area contributed by atoms with Crippen LogP contribution in [0, 0.1) is 0 Å². The van der Waals surface area contributed by atoms with Crippen molar-refractivity contribution >= 4 is 33.7 Å². The Labute approximate surface area is 171 Å². The van der Waals surface area contributed by atoms with Gasteiger partial charge in [-0.1, -0.05) is 15.9 Å². The number of hydrogen-bond acceptors (Lipinski definition) is 4. The van der Waals surface area contributed by atoms with Crippen molar-refractivity contribution in [1.29, 1.82) is 0 Å². The predicted molar refractivity (Wildman–Crippen MR) is 107 cm³/mol. The predicted octanol–water partition coefficient (Wildman–Crippen LogP) is 2.58. The highest BCUT2D eigenvalue weighted by Gasteiger charge is 2.25. The zero-order valence-corrected chi connectivity index (χ0v) is 16.9. The van der Waals surface area contributed by atoms with Crippen molar-refractivity contribution in [2.45, 2.75) is 25.3 Å². The molecule has 1 saturated heterocycles. The highest BCUT2D eigenvalue weighted by atomic mass is 79.9. The quantitative estimate of drug-likeness (QED) is 0.711. The van der Waals surface area contributed by atoms with Gasteiger partial charge in [0.25, 0.3) is 11.8 Å². The number of rotatable bonds is 6. The molecule has 0 aliphatic carbocycles. The van der Waals surface area contributed by atoms with E-state index in [1.54, 1.807) is 35.2 Å². The second-order valence-electron chi connectivity index (χ2n) is 6.66. The Morgan fingerprint density at radius 2 is 1.79 bits per heavy atom. The summed E-state index contributed by atoms with van der Waals surface area (Å²) in [6, 6.07) is 8.73. The molecule has 2 N–H and O–H groups in total. The van der Waals surface area contributed by atoms with Crippen LogP contribution in [0.4, 0.5) is 0 Å². The van der Waals surface area contributed by atoms with Crippen molar-refractivity contribution in [2.24, 2.45) is 0 Å². The number of halogens is 1. The van der Waals surface area contributed by atoms with Crippen LogP contribution in [0.5, 0.6) is 0 Å². The monoisotopic (exact) mass is 447 g/mol. The standard InChI is InChI=1S/C20H22BrN3O4/c21-16-3-1-14(2-4-16)19(26)22-9-5-18(25)23-17-6-10-24(11-7-17)20(27)15-8-12-28-13-15/h1-4,8,12-13,17H,5-7,9-11H2,(H,22,26)(H,23,25). The first-order chi connectivity index (χ1) is 13.5. The van der Waals surface area contributed by atoms with E-state index in [2.05, 4.69) is 26.6 Å². The molecule has 148 valence electrons. The minimum Gasteiger partial charge on any atom is -0.472 e. The molecule has 0 unspecified atom stereocenters. The SMILES string of the molecule is O=C(CCNC(=O)c1ccc(Br)cc1)NC1CCN(C(=O)c2ccoc2)CC1. The molecule has 1 aromatic carbocycles. The lowest BCUT2D eigenvalue weighted by atomic mass is 10.0. The van der Waals surface area contributed by atoms with E-state index in [9.17, 15) is 14.4 Å². The number of furan rings is 1. The van der Waals surface area contributed by atoms with Gasteiger partial charge in [0, 0.05) is 42.1 Å². The van der Waals surface area contributed by atoms with Gasteiger partial charge in [-0.3, -0.25) is 14.4 Å². The normalized spacial score (nSPS) is 14.5. The molecule has 2 heterocycles. The van der Waals surface area contributed by atoms with Crippen LogP contribution in [-0.2, 0) is 4.79 Å². The second-order valence-corrected chi connectivity index (χ2v) is 7.57. The summed E-state index contributed by atoms with van der Waals surface area (Å²) >= 11 is 3.32. The summed E-state index contributed by atoms with van der Waals surface area (Å²) in [4.78, 5) is 38.2. The lowest BCUT2D eigenvalue weighted by molar-refractivity contribution is -0.121. The molecular weight excluding hydrogens is 426 g/mol. The van der Waals surface area contributed by atoms with Gasteiger partial charge in [0.2, 0.25) is 5.91 Å². The van der Waals surface area contributed by atoms with Gasteiger partial charge >= 0.3 is 0 Å². The molecule has 3 amide bonds. The average Bonchev–Trinajstić information content (AvgIpc) is 3.23. The minimum absolute atomic E-state index is 0.0445. The molecule has 0 spiro atoms. The Bertz CT molecular complexity index is 812. The summed E-state index contributed by atoms with van der Waals surface area (Å²) in [6.07, 6.45) is 4.56. The van der Waals surface area contributed by atoms with E-state index >= 15 is 0 Å². The smallest absolute Gasteiger partial charge is 0.257 e. The molecule has 1 aliphatic rings. The van der Waals surface area contributed by atoms with Gasteiger partial charge in [0.1, 0.15) is 6.26 Å². The molecule has 7 nitrogen and oxygen atoms in total. The molecule has 8 heteroatoms. The van der Waals surface area contributed by atoms with Gasteiger partial charge in [0.15, 0.2) is 0 Å². The van der Waals surface area contributed by atoms with Crippen molar-refractivity contribution in [3.8, 4) is 0 Å². The first kappa shape index (κ1) is 20.1. The van der Waals surface area contributed by atoms with Crippen LogP contribution >= 0.6 is 15.9 Å². The van der Waals surface area contributed by atoms with E-state index in [4.69, 9.17) is 4.42 Å². The van der Waals surface area contributed by atoms with E-state index < -0.39 is 0 Å². The lowest BCUT2D eigenvalue weighted by Crippen LogP contribution is -2.46. The maximum atomic E-state index is 12.3. The largest absolute Gasteiger partial charge is 0.472 e. The number of likely N-dealkylation sites (tertiary alicyclic amines) is 1. The first-order valence-corrected chi connectivity index (χ1v) is 9.97. The highest BCUT2D eigenvalue weighted by molar-refractivity contribution is 9.10. The van der Waals surface area contributed by atoms with Crippen LogP contribution in [0.1, 0.15) is 40.0 Å². The number of amides is 3. The molecule has 3 rings (SSSR count). The molecule has 0 atom stereocenters. The number of nitrogens with zero attached hydrogens (tertiary/aromatic N) is 1. The summed E-state index contributed by atoms with van der Waals surface area (Å²) in [5, 5.41) is 5.73. The Morgan fingerprint density at radius 1 is 1.07 bits per heavy atom. The van der Waals surface area contributed by atoms with Gasteiger partial charge in [-0.05, 0) is 43.2 Å². The van der Waals surface area contributed by atoms with Gasteiger partial charge in [-0.25, -0.2) is 0 Å². The number of hydrogen-bond donors (Lipinski definition) is 2. The number of piperidine rings is 1. The summed E-state index contributed by atoms with van der Waals surface area (Å²) in [5.74, 6) is -0.351. The van der Waals surface area contributed by atoms with E-state index in [0.29, 0.717) is 37.1 Å². The van der Waals surface area contributed by atoms with Crippen molar-refractivity contribution in [1.82, 2.24) is 15.5 Å².